The van der Waals surface area contributed by atoms with Crippen molar-refractivity contribution in [1.82, 2.24) is 4.90 Å². The van der Waals surface area contributed by atoms with E-state index in [9.17, 15) is 4.79 Å². The summed E-state index contributed by atoms with van der Waals surface area (Å²) in [5.74, 6) is -0.0188. The Morgan fingerprint density at radius 3 is 2.62 bits per heavy atom. The molecule has 1 fully saturated rings. The van der Waals surface area contributed by atoms with Crippen LogP contribution >= 0.6 is 0 Å². The Morgan fingerprint density at radius 2 is 2.00 bits per heavy atom. The molecule has 1 heterocycles. The number of quaternary nitrogens is 1. The second-order valence-corrected chi connectivity index (χ2v) is 6.53. The molecule has 1 aromatic rings. The zero-order valence-electron chi connectivity index (χ0n) is 14.4. The largest absolute Gasteiger partial charge is 1.00 e. The van der Waals surface area contributed by atoms with Crippen LogP contribution in [0.5, 0.6) is 0 Å². The fourth-order valence-electron chi connectivity index (χ4n) is 2.75. The summed E-state index contributed by atoms with van der Waals surface area (Å²) in [7, 11) is 4.23. The van der Waals surface area contributed by atoms with E-state index in [2.05, 4.69) is 29.6 Å². The lowest BCUT2D eigenvalue weighted by molar-refractivity contribution is -0.905. The molecular formula is C16H28ClN5O2. The van der Waals surface area contributed by atoms with Crippen LogP contribution in [0.4, 0.5) is 17.1 Å². The Balaban J connectivity index is 0.00000288. The van der Waals surface area contributed by atoms with E-state index in [-0.39, 0.29) is 24.9 Å². The molecule has 0 saturated carbocycles. The third-order valence-corrected chi connectivity index (χ3v) is 4.31. The molecule has 2 rings (SSSR count). The molecule has 0 spiro atoms. The third kappa shape index (κ3) is 5.83. The summed E-state index contributed by atoms with van der Waals surface area (Å²) in [4.78, 5) is 14.7. The van der Waals surface area contributed by atoms with Crippen LogP contribution in [0.1, 0.15) is 0 Å². The summed E-state index contributed by atoms with van der Waals surface area (Å²) in [6.45, 7) is 4.85. The first-order valence-electron chi connectivity index (χ1n) is 7.98. The molecule has 1 amide bonds. The summed E-state index contributed by atoms with van der Waals surface area (Å²) in [6, 6.07) is 5.32. The van der Waals surface area contributed by atoms with Crippen molar-refractivity contribution < 1.29 is 26.8 Å². The quantitative estimate of drug-likeness (QED) is 0.322. The van der Waals surface area contributed by atoms with Gasteiger partial charge in [-0.3, -0.25) is 9.69 Å². The number of nitrogens with one attached hydrogen (secondary N) is 2. The summed E-state index contributed by atoms with van der Waals surface area (Å²) in [5, 5.41) is 15.0. The fraction of sp³-hybridized carbons (Fsp3) is 0.562. The number of halogens is 1. The summed E-state index contributed by atoms with van der Waals surface area (Å²) in [5.41, 5.74) is 7.83. The van der Waals surface area contributed by atoms with Crippen LogP contribution < -0.4 is 28.8 Å². The Labute approximate surface area is 149 Å². The standard InChI is InChI=1S/C16H27N5O2.ClH/c1-20-6-8-21(2,9-7-20)12-16(23)19-15-11-13(17)3-4-14(15)18-5-10-22;/h3-4,11,18,22H,5-10,12,17H2,1-2H3;1H. The predicted octanol–water partition coefficient (Wildman–Crippen LogP) is -2.99. The van der Waals surface area contributed by atoms with Crippen LogP contribution in [0.2, 0.25) is 0 Å². The van der Waals surface area contributed by atoms with Gasteiger partial charge < -0.3 is 38.4 Å². The average molecular weight is 358 g/mol. The molecule has 7 nitrogen and oxygen atoms in total. The lowest BCUT2D eigenvalue weighted by atomic mass is 10.2. The van der Waals surface area contributed by atoms with Crippen molar-refractivity contribution >= 4 is 23.0 Å². The van der Waals surface area contributed by atoms with Crippen LogP contribution in [-0.4, -0.2) is 80.4 Å². The van der Waals surface area contributed by atoms with E-state index >= 15 is 0 Å². The molecule has 1 aliphatic heterocycles. The highest BCUT2D eigenvalue weighted by molar-refractivity contribution is 5.95. The molecule has 1 saturated heterocycles. The van der Waals surface area contributed by atoms with Gasteiger partial charge in [0.25, 0.3) is 5.91 Å². The molecule has 0 atom stereocenters. The van der Waals surface area contributed by atoms with Crippen molar-refractivity contribution in [2.24, 2.45) is 0 Å². The molecule has 136 valence electrons. The molecule has 0 aliphatic carbocycles. The number of aliphatic hydroxyl groups is 1. The number of benzene rings is 1. The number of nitrogens with zero attached hydrogens (tertiary/aromatic N) is 2. The van der Waals surface area contributed by atoms with Crippen LogP contribution in [0, 0.1) is 0 Å². The van der Waals surface area contributed by atoms with Crippen molar-refractivity contribution in [3.63, 3.8) is 0 Å². The molecule has 0 bridgehead atoms. The van der Waals surface area contributed by atoms with E-state index in [1.54, 1.807) is 12.1 Å². The van der Waals surface area contributed by atoms with E-state index in [4.69, 9.17) is 10.8 Å². The van der Waals surface area contributed by atoms with E-state index in [0.717, 1.165) is 36.3 Å². The monoisotopic (exact) mass is 357 g/mol. The van der Waals surface area contributed by atoms with Gasteiger partial charge in [0.15, 0.2) is 6.54 Å². The van der Waals surface area contributed by atoms with Gasteiger partial charge in [-0.05, 0) is 25.2 Å². The fourth-order valence-corrected chi connectivity index (χ4v) is 2.75. The molecule has 0 unspecified atom stereocenters. The first kappa shape index (κ1) is 20.5. The first-order valence-corrected chi connectivity index (χ1v) is 7.98. The number of anilines is 3. The molecule has 24 heavy (non-hydrogen) atoms. The topological polar surface area (TPSA) is 90.6 Å². The molecule has 5 N–H and O–H groups in total. The molecule has 0 radical (unpaired) electrons. The van der Waals surface area contributed by atoms with Crippen molar-refractivity contribution in [2.75, 3.05) is 76.3 Å². The normalized spacial score (nSPS) is 17.0. The minimum Gasteiger partial charge on any atom is -1.00 e. The highest BCUT2D eigenvalue weighted by Crippen LogP contribution is 2.24. The number of piperazine rings is 1. The molecule has 1 aliphatic rings. The van der Waals surface area contributed by atoms with Gasteiger partial charge >= 0.3 is 0 Å². The van der Waals surface area contributed by atoms with Crippen molar-refractivity contribution in [3.05, 3.63) is 18.2 Å². The summed E-state index contributed by atoms with van der Waals surface area (Å²) >= 11 is 0. The van der Waals surface area contributed by atoms with Crippen molar-refractivity contribution in [2.45, 2.75) is 0 Å². The number of nitrogens with two attached hydrogens (primary N) is 1. The number of aliphatic hydroxyl groups excluding tert-OH is 1. The Kier molecular flexibility index (Phi) is 7.75. The number of carbonyl (C=O) groups is 1. The van der Waals surface area contributed by atoms with Gasteiger partial charge in [0.2, 0.25) is 0 Å². The number of nitrogen functional groups attached to an aromatic ring is 1. The van der Waals surface area contributed by atoms with E-state index in [0.29, 0.717) is 24.5 Å². The highest BCUT2D eigenvalue weighted by Gasteiger charge is 2.29. The molecule has 0 aromatic heterocycles. The lowest BCUT2D eigenvalue weighted by Gasteiger charge is -2.40. The SMILES string of the molecule is CN1CC[N+](C)(CC(=O)Nc2cc(N)ccc2NCCO)CC1.[Cl-]. The number of rotatable bonds is 6. The third-order valence-electron chi connectivity index (χ3n) is 4.31. The second kappa shape index (κ2) is 9.08. The van der Waals surface area contributed by atoms with Crippen molar-refractivity contribution in [1.29, 1.82) is 0 Å². The van der Waals surface area contributed by atoms with Gasteiger partial charge in [0.1, 0.15) is 0 Å². The van der Waals surface area contributed by atoms with Gasteiger partial charge in [-0.1, -0.05) is 0 Å². The van der Waals surface area contributed by atoms with E-state index in [1.807, 2.05) is 6.07 Å². The van der Waals surface area contributed by atoms with Crippen molar-refractivity contribution in [3.8, 4) is 0 Å². The Bertz CT molecular complexity index is 547. The van der Waals surface area contributed by atoms with Crippen LogP contribution in [0.3, 0.4) is 0 Å². The smallest absolute Gasteiger partial charge is 0.279 e. The minimum absolute atomic E-state index is 0. The zero-order valence-corrected chi connectivity index (χ0v) is 15.1. The molecule has 1 aromatic carbocycles. The highest BCUT2D eigenvalue weighted by atomic mass is 35.5. The lowest BCUT2D eigenvalue weighted by Crippen LogP contribution is -3.00. The Hall–Kier alpha value is -1.54. The van der Waals surface area contributed by atoms with Gasteiger partial charge in [-0.15, -0.1) is 0 Å². The number of hydrogen-bond donors (Lipinski definition) is 4. The predicted molar refractivity (Wildman–Crippen MR) is 93.3 cm³/mol. The van der Waals surface area contributed by atoms with Crippen LogP contribution in [-0.2, 0) is 4.79 Å². The van der Waals surface area contributed by atoms with Crippen LogP contribution in [0.15, 0.2) is 18.2 Å². The van der Waals surface area contributed by atoms with E-state index in [1.165, 1.54) is 0 Å². The maximum atomic E-state index is 12.4. The zero-order chi connectivity index (χ0) is 16.9. The van der Waals surface area contributed by atoms with Gasteiger partial charge in [0, 0.05) is 25.3 Å². The summed E-state index contributed by atoms with van der Waals surface area (Å²) < 4.78 is 0.748. The first-order chi connectivity index (χ1) is 10.9. The molecular weight excluding hydrogens is 330 g/mol. The van der Waals surface area contributed by atoms with E-state index < -0.39 is 0 Å². The average Bonchev–Trinajstić information content (AvgIpc) is 2.49. The second-order valence-electron chi connectivity index (χ2n) is 6.53. The number of hydrogen-bond acceptors (Lipinski definition) is 5. The number of amides is 1. The Morgan fingerprint density at radius 1 is 1.33 bits per heavy atom. The maximum absolute atomic E-state index is 12.4. The van der Waals surface area contributed by atoms with Gasteiger partial charge in [0.05, 0.1) is 38.1 Å². The molecule has 8 heteroatoms. The number of carbonyl (C=O) groups excluding carboxylic acids is 1. The maximum Gasteiger partial charge on any atom is 0.279 e. The van der Waals surface area contributed by atoms with Crippen LogP contribution in [0.25, 0.3) is 0 Å². The summed E-state index contributed by atoms with van der Waals surface area (Å²) in [6.07, 6.45) is 0. The number of likely N-dealkylation sites (N-methyl/N-ethyl adjacent to an activating group) is 2. The minimum atomic E-state index is -0.0188. The van der Waals surface area contributed by atoms with Gasteiger partial charge in [-0.2, -0.15) is 0 Å². The van der Waals surface area contributed by atoms with Gasteiger partial charge in [-0.25, -0.2) is 0 Å².